The number of hydrogen-bond acceptors (Lipinski definition) is 6. The van der Waals surface area contributed by atoms with Crippen LogP contribution in [0.1, 0.15) is 50.6 Å². The van der Waals surface area contributed by atoms with Gasteiger partial charge < -0.3 is 24.5 Å². The van der Waals surface area contributed by atoms with Crippen LogP contribution in [0.5, 0.6) is 5.75 Å². The number of nitrogens with one attached hydrogen (secondary N) is 1. The average molecular weight is 493 g/mol. The summed E-state index contributed by atoms with van der Waals surface area (Å²) in [5, 5.41) is 13.2. The third-order valence-corrected chi connectivity index (χ3v) is 7.53. The van der Waals surface area contributed by atoms with Gasteiger partial charge in [-0.25, -0.2) is 9.78 Å². The van der Waals surface area contributed by atoms with E-state index in [-0.39, 0.29) is 24.1 Å². The van der Waals surface area contributed by atoms with Gasteiger partial charge >= 0.3 is 12.1 Å². The Morgan fingerprint density at radius 1 is 1.08 bits per heavy atom. The van der Waals surface area contributed by atoms with Crippen LogP contribution in [0.4, 0.5) is 22.1 Å². The summed E-state index contributed by atoms with van der Waals surface area (Å²) in [6, 6.07) is 11.6. The molecule has 1 saturated carbocycles. The summed E-state index contributed by atoms with van der Waals surface area (Å²) < 4.78 is 12.5. The molecule has 2 N–H and O–H groups in total. The van der Waals surface area contributed by atoms with Crippen molar-refractivity contribution >= 4 is 40.4 Å². The van der Waals surface area contributed by atoms with Gasteiger partial charge in [-0.2, -0.15) is 0 Å². The van der Waals surface area contributed by atoms with Crippen LogP contribution >= 0.6 is 0 Å². The van der Waals surface area contributed by atoms with Crippen LogP contribution in [0, 0.1) is 5.92 Å². The van der Waals surface area contributed by atoms with Crippen LogP contribution in [0.2, 0.25) is 0 Å². The maximum absolute atomic E-state index is 12.6. The van der Waals surface area contributed by atoms with E-state index < -0.39 is 5.97 Å². The molecule has 3 atom stereocenters. The zero-order valence-electron chi connectivity index (χ0n) is 20.9. The lowest BCUT2D eigenvalue weighted by atomic mass is 9.85. The predicted molar refractivity (Wildman–Crippen MR) is 137 cm³/mol. The fraction of sp³-hybridized carbons (Fsp3) is 0.444. The molecule has 0 bridgehead atoms. The number of imidazole rings is 1. The van der Waals surface area contributed by atoms with Crippen LogP contribution in [0.15, 0.2) is 36.4 Å². The number of anilines is 3. The zero-order chi connectivity index (χ0) is 25.4. The van der Waals surface area contributed by atoms with E-state index in [1.807, 2.05) is 43.3 Å². The molecule has 0 saturated heterocycles. The van der Waals surface area contributed by atoms with E-state index in [4.69, 9.17) is 14.5 Å². The number of carbonyl (C=O) groups excluding carboxylic acids is 1. The molecule has 0 spiro atoms. The third kappa shape index (κ3) is 4.23. The van der Waals surface area contributed by atoms with Gasteiger partial charge in [0, 0.05) is 23.3 Å². The highest BCUT2D eigenvalue weighted by atomic mass is 16.5. The SMILES string of the molecule is COC(=O)N1c2ccc3c(nc(Nc4ccc(OC)cc4)n3[C@@H]3CCC[C@@H](C(=O)O)C3)c2CC[C@@H]1C. The minimum Gasteiger partial charge on any atom is -0.497 e. The van der Waals surface area contributed by atoms with Gasteiger partial charge in [-0.3, -0.25) is 9.69 Å². The molecule has 0 unspecified atom stereocenters. The van der Waals surface area contributed by atoms with Crippen molar-refractivity contribution in [1.29, 1.82) is 0 Å². The van der Waals surface area contributed by atoms with E-state index in [0.717, 1.165) is 59.4 Å². The first-order valence-electron chi connectivity index (χ1n) is 12.5. The second-order valence-corrected chi connectivity index (χ2v) is 9.67. The molecule has 1 aliphatic carbocycles. The van der Waals surface area contributed by atoms with Crippen molar-refractivity contribution in [2.75, 3.05) is 24.4 Å². The molecule has 1 aliphatic heterocycles. The van der Waals surface area contributed by atoms with Crippen LogP contribution in [-0.4, -0.2) is 47.0 Å². The highest BCUT2D eigenvalue weighted by molar-refractivity contribution is 5.96. The lowest BCUT2D eigenvalue weighted by Gasteiger charge is -2.34. The molecule has 1 amide bonds. The Kier molecular flexibility index (Phi) is 6.47. The second-order valence-electron chi connectivity index (χ2n) is 9.67. The Morgan fingerprint density at radius 3 is 2.56 bits per heavy atom. The second kappa shape index (κ2) is 9.72. The Balaban J connectivity index is 1.63. The van der Waals surface area contributed by atoms with Gasteiger partial charge in [-0.1, -0.05) is 6.42 Å². The first-order chi connectivity index (χ1) is 17.4. The average Bonchev–Trinajstić information content (AvgIpc) is 3.26. The number of carboxylic acids is 1. The Morgan fingerprint density at radius 2 is 1.86 bits per heavy atom. The van der Waals surface area contributed by atoms with Gasteiger partial charge in [0.15, 0.2) is 0 Å². The molecular weight excluding hydrogens is 460 g/mol. The number of carboxylic acid groups (broad SMARTS) is 1. The Bertz CT molecular complexity index is 1290. The molecule has 1 fully saturated rings. The fourth-order valence-corrected chi connectivity index (χ4v) is 5.66. The number of nitrogens with zero attached hydrogens (tertiary/aromatic N) is 3. The lowest BCUT2D eigenvalue weighted by molar-refractivity contribution is -0.143. The van der Waals surface area contributed by atoms with Gasteiger partial charge in [0.1, 0.15) is 5.75 Å². The van der Waals surface area contributed by atoms with E-state index in [2.05, 4.69) is 9.88 Å². The molecular formula is C27H32N4O5. The van der Waals surface area contributed by atoms with Crippen molar-refractivity contribution in [3.05, 3.63) is 42.0 Å². The number of aliphatic carboxylic acids is 1. The molecule has 2 aromatic carbocycles. The molecule has 3 aromatic rings. The fourth-order valence-electron chi connectivity index (χ4n) is 5.66. The van der Waals surface area contributed by atoms with E-state index in [1.165, 1.54) is 7.11 Å². The van der Waals surface area contributed by atoms with Crippen molar-refractivity contribution in [3.8, 4) is 5.75 Å². The number of carbonyl (C=O) groups is 2. The molecule has 2 heterocycles. The summed E-state index contributed by atoms with van der Waals surface area (Å²) in [6.07, 6.45) is 4.20. The van der Waals surface area contributed by atoms with Crippen molar-refractivity contribution in [1.82, 2.24) is 9.55 Å². The summed E-state index contributed by atoms with van der Waals surface area (Å²) >= 11 is 0. The van der Waals surface area contributed by atoms with Crippen molar-refractivity contribution < 1.29 is 24.2 Å². The quantitative estimate of drug-likeness (QED) is 0.484. The number of benzene rings is 2. The first-order valence-corrected chi connectivity index (χ1v) is 12.5. The van der Waals surface area contributed by atoms with E-state index in [1.54, 1.807) is 12.0 Å². The van der Waals surface area contributed by atoms with Gasteiger partial charge in [0.25, 0.3) is 0 Å². The van der Waals surface area contributed by atoms with Gasteiger partial charge in [-0.05, 0) is 75.4 Å². The molecule has 190 valence electrons. The Hall–Kier alpha value is -3.75. The summed E-state index contributed by atoms with van der Waals surface area (Å²) in [4.78, 5) is 31.2. The number of rotatable bonds is 5. The molecule has 0 radical (unpaired) electrons. The van der Waals surface area contributed by atoms with Crippen LogP contribution in [0.3, 0.4) is 0 Å². The molecule has 5 rings (SSSR count). The minimum atomic E-state index is -0.742. The maximum Gasteiger partial charge on any atom is 0.414 e. The standard InChI is InChI=1S/C27H32N4O5/c1-16-7-12-21-22(30(16)27(34)36-3)13-14-23-24(21)29-26(28-18-8-10-20(35-2)11-9-18)31(23)19-6-4-5-17(15-19)25(32)33/h8-11,13-14,16-17,19H,4-7,12,15H2,1-3H3,(H,28,29)(H,32,33)/t16-,17+,19+/m0/s1. The number of ether oxygens (including phenoxy) is 2. The van der Waals surface area contributed by atoms with Gasteiger partial charge in [0.2, 0.25) is 5.95 Å². The van der Waals surface area contributed by atoms with E-state index in [9.17, 15) is 14.7 Å². The van der Waals surface area contributed by atoms with Crippen LogP contribution < -0.4 is 15.0 Å². The number of aryl methyl sites for hydroxylation is 1. The lowest BCUT2D eigenvalue weighted by Crippen LogP contribution is -2.42. The van der Waals surface area contributed by atoms with Crippen molar-refractivity contribution in [2.24, 2.45) is 5.92 Å². The van der Waals surface area contributed by atoms with Crippen LogP contribution in [-0.2, 0) is 16.0 Å². The number of methoxy groups -OCH3 is 2. The van der Waals surface area contributed by atoms with Crippen LogP contribution in [0.25, 0.3) is 11.0 Å². The molecule has 1 aromatic heterocycles. The molecule has 9 heteroatoms. The topological polar surface area (TPSA) is 106 Å². The zero-order valence-corrected chi connectivity index (χ0v) is 20.9. The largest absolute Gasteiger partial charge is 0.497 e. The van der Waals surface area contributed by atoms with E-state index in [0.29, 0.717) is 18.8 Å². The third-order valence-electron chi connectivity index (χ3n) is 7.53. The normalized spacial score (nSPS) is 21.6. The van der Waals surface area contributed by atoms with Crippen molar-refractivity contribution in [2.45, 2.75) is 57.5 Å². The predicted octanol–water partition coefficient (Wildman–Crippen LogP) is 5.51. The smallest absolute Gasteiger partial charge is 0.414 e. The summed E-state index contributed by atoms with van der Waals surface area (Å²) in [6.45, 7) is 2.02. The molecule has 9 nitrogen and oxygen atoms in total. The minimum absolute atomic E-state index is 0.00266. The summed E-state index contributed by atoms with van der Waals surface area (Å²) in [5.74, 6) is 0.316. The highest BCUT2D eigenvalue weighted by Gasteiger charge is 2.34. The Labute approximate surface area is 210 Å². The first kappa shape index (κ1) is 24.0. The number of amides is 1. The van der Waals surface area contributed by atoms with Gasteiger partial charge in [-0.15, -0.1) is 0 Å². The maximum atomic E-state index is 12.6. The van der Waals surface area contributed by atoms with E-state index >= 15 is 0 Å². The summed E-state index contributed by atoms with van der Waals surface area (Å²) in [7, 11) is 3.03. The number of fused-ring (bicyclic) bond motifs is 3. The number of hydrogen-bond donors (Lipinski definition) is 2. The molecule has 36 heavy (non-hydrogen) atoms. The van der Waals surface area contributed by atoms with Gasteiger partial charge in [0.05, 0.1) is 36.9 Å². The number of aromatic nitrogens is 2. The highest BCUT2D eigenvalue weighted by Crippen LogP contribution is 2.42. The van der Waals surface area contributed by atoms with Crippen molar-refractivity contribution in [3.63, 3.8) is 0 Å². The summed E-state index contributed by atoms with van der Waals surface area (Å²) in [5.41, 5.74) is 4.47. The molecule has 2 aliphatic rings. The monoisotopic (exact) mass is 492 g/mol.